The van der Waals surface area contributed by atoms with Gasteiger partial charge >= 0.3 is 0 Å². The summed E-state index contributed by atoms with van der Waals surface area (Å²) in [7, 11) is 1.70. The molecule has 0 amide bonds. The Morgan fingerprint density at radius 1 is 1.32 bits per heavy atom. The smallest absolute Gasteiger partial charge is 0.196 e. The number of H-pyrrole nitrogens is 1. The molecule has 0 fully saturated rings. The summed E-state index contributed by atoms with van der Waals surface area (Å²) in [4.78, 5) is 12.5. The molecule has 2 aromatic heterocycles. The highest BCUT2D eigenvalue weighted by molar-refractivity contribution is 7.71. The van der Waals surface area contributed by atoms with Crippen molar-refractivity contribution in [2.24, 2.45) is 0 Å². The van der Waals surface area contributed by atoms with Crippen molar-refractivity contribution in [3.05, 3.63) is 63.5 Å². The SMILES string of the molecule is COc1cccc(-c2ccc(CN3CCc4[nH]c(=S)ncc4C3)s2)c1. The average Bonchev–Trinajstić information content (AvgIpc) is 3.10. The molecule has 0 saturated carbocycles. The number of nitrogens with one attached hydrogen (secondary N) is 1. The summed E-state index contributed by atoms with van der Waals surface area (Å²) in [6.45, 7) is 2.92. The summed E-state index contributed by atoms with van der Waals surface area (Å²) < 4.78 is 5.90. The maximum atomic E-state index is 5.33. The van der Waals surface area contributed by atoms with Gasteiger partial charge in [-0.25, -0.2) is 4.98 Å². The molecule has 6 heteroatoms. The summed E-state index contributed by atoms with van der Waals surface area (Å²) in [6.07, 6.45) is 2.91. The van der Waals surface area contributed by atoms with Crippen LogP contribution in [0.1, 0.15) is 16.1 Å². The second-order valence-corrected chi connectivity index (χ2v) is 7.71. The normalized spacial score (nSPS) is 14.3. The second kappa shape index (κ2) is 7.07. The van der Waals surface area contributed by atoms with Crippen LogP contribution in [0.25, 0.3) is 10.4 Å². The Balaban J connectivity index is 1.48. The van der Waals surface area contributed by atoms with Crippen LogP contribution in [0, 0.1) is 4.77 Å². The summed E-state index contributed by atoms with van der Waals surface area (Å²) in [5, 5.41) is 0. The molecule has 128 valence electrons. The number of aromatic amines is 1. The van der Waals surface area contributed by atoms with Crippen LogP contribution in [0.5, 0.6) is 5.75 Å². The Bertz CT molecular complexity index is 948. The van der Waals surface area contributed by atoms with E-state index in [-0.39, 0.29) is 0 Å². The van der Waals surface area contributed by atoms with Gasteiger partial charge in [-0.05, 0) is 42.0 Å². The number of benzene rings is 1. The number of hydrogen-bond acceptors (Lipinski definition) is 5. The summed E-state index contributed by atoms with van der Waals surface area (Å²) >= 11 is 6.96. The molecule has 0 unspecified atom stereocenters. The first-order chi connectivity index (χ1) is 12.2. The number of hydrogen-bond donors (Lipinski definition) is 1. The van der Waals surface area contributed by atoms with Crippen LogP contribution >= 0.6 is 23.6 Å². The molecule has 25 heavy (non-hydrogen) atoms. The van der Waals surface area contributed by atoms with Crippen molar-refractivity contribution >= 4 is 23.6 Å². The second-order valence-electron chi connectivity index (χ2n) is 6.15. The molecule has 0 atom stereocenters. The van der Waals surface area contributed by atoms with Crippen molar-refractivity contribution in [2.45, 2.75) is 19.5 Å². The molecular weight excluding hydrogens is 350 g/mol. The van der Waals surface area contributed by atoms with Gasteiger partial charge in [0.2, 0.25) is 0 Å². The number of rotatable bonds is 4. The zero-order valence-electron chi connectivity index (χ0n) is 14.0. The van der Waals surface area contributed by atoms with Crippen LogP contribution in [0.2, 0.25) is 0 Å². The summed E-state index contributed by atoms with van der Waals surface area (Å²) in [6, 6.07) is 12.6. The maximum absolute atomic E-state index is 5.33. The molecule has 1 aliphatic rings. The van der Waals surface area contributed by atoms with E-state index in [0.29, 0.717) is 4.77 Å². The van der Waals surface area contributed by atoms with Gasteiger partial charge in [0, 0.05) is 53.3 Å². The largest absolute Gasteiger partial charge is 0.497 e. The van der Waals surface area contributed by atoms with Gasteiger partial charge in [0.15, 0.2) is 4.77 Å². The predicted molar refractivity (Wildman–Crippen MR) is 104 cm³/mol. The van der Waals surface area contributed by atoms with Crippen molar-refractivity contribution in [1.29, 1.82) is 0 Å². The van der Waals surface area contributed by atoms with Crippen molar-refractivity contribution in [2.75, 3.05) is 13.7 Å². The van der Waals surface area contributed by atoms with E-state index in [9.17, 15) is 0 Å². The highest BCUT2D eigenvalue weighted by Crippen LogP contribution is 2.31. The fourth-order valence-electron chi connectivity index (χ4n) is 3.16. The molecule has 0 bridgehead atoms. The van der Waals surface area contributed by atoms with E-state index < -0.39 is 0 Å². The average molecular weight is 370 g/mol. The quantitative estimate of drug-likeness (QED) is 0.691. The van der Waals surface area contributed by atoms with Crippen LogP contribution in [-0.2, 0) is 19.5 Å². The standard InChI is InChI=1S/C19H19N3OS2/c1-23-15-4-2-3-13(9-15)18-6-5-16(25-18)12-22-8-7-17-14(11-22)10-20-19(24)21-17/h2-6,9-10H,7-8,11-12H2,1H3,(H,20,21,24). The Kier molecular flexibility index (Phi) is 4.65. The molecule has 4 rings (SSSR count). The number of ether oxygens (including phenoxy) is 1. The molecule has 3 aromatic rings. The van der Waals surface area contributed by atoms with Crippen LogP contribution < -0.4 is 4.74 Å². The van der Waals surface area contributed by atoms with E-state index in [0.717, 1.165) is 31.8 Å². The highest BCUT2D eigenvalue weighted by Gasteiger charge is 2.17. The van der Waals surface area contributed by atoms with Gasteiger partial charge < -0.3 is 9.72 Å². The Morgan fingerprint density at radius 2 is 2.24 bits per heavy atom. The molecule has 0 aliphatic carbocycles. The van der Waals surface area contributed by atoms with Crippen LogP contribution in [-0.4, -0.2) is 28.5 Å². The number of thiophene rings is 1. The molecule has 3 heterocycles. The van der Waals surface area contributed by atoms with Gasteiger partial charge in [-0.15, -0.1) is 11.3 Å². The van der Waals surface area contributed by atoms with Gasteiger partial charge in [0.25, 0.3) is 0 Å². The summed E-state index contributed by atoms with van der Waals surface area (Å²) in [5.74, 6) is 0.893. The van der Waals surface area contributed by atoms with Crippen molar-refractivity contribution in [3.63, 3.8) is 0 Å². The first kappa shape index (κ1) is 16.4. The van der Waals surface area contributed by atoms with Crippen molar-refractivity contribution < 1.29 is 4.74 Å². The number of fused-ring (bicyclic) bond motifs is 1. The number of methoxy groups -OCH3 is 1. The predicted octanol–water partition coefficient (Wildman–Crippen LogP) is 4.43. The first-order valence-corrected chi connectivity index (χ1v) is 9.46. The molecule has 1 N–H and O–H groups in total. The van der Waals surface area contributed by atoms with Crippen LogP contribution in [0.4, 0.5) is 0 Å². The molecule has 4 nitrogen and oxygen atoms in total. The van der Waals surface area contributed by atoms with E-state index in [2.05, 4.69) is 39.1 Å². The number of aromatic nitrogens is 2. The van der Waals surface area contributed by atoms with Crippen LogP contribution in [0.15, 0.2) is 42.6 Å². The molecule has 0 spiro atoms. The van der Waals surface area contributed by atoms with E-state index in [1.54, 1.807) is 7.11 Å². The van der Waals surface area contributed by atoms with Gasteiger partial charge in [0.1, 0.15) is 5.75 Å². The van der Waals surface area contributed by atoms with E-state index in [1.165, 1.54) is 26.6 Å². The fourth-order valence-corrected chi connectivity index (χ4v) is 4.38. The topological polar surface area (TPSA) is 41.1 Å². The van der Waals surface area contributed by atoms with Gasteiger partial charge in [-0.2, -0.15) is 0 Å². The Morgan fingerprint density at radius 3 is 3.12 bits per heavy atom. The van der Waals surface area contributed by atoms with E-state index in [1.807, 2.05) is 29.7 Å². The molecule has 0 radical (unpaired) electrons. The number of nitrogens with zero attached hydrogens (tertiary/aromatic N) is 2. The highest BCUT2D eigenvalue weighted by atomic mass is 32.1. The zero-order chi connectivity index (χ0) is 17.2. The third-order valence-electron chi connectivity index (χ3n) is 4.45. The lowest BCUT2D eigenvalue weighted by Gasteiger charge is -2.27. The van der Waals surface area contributed by atoms with Gasteiger partial charge in [0.05, 0.1) is 7.11 Å². The van der Waals surface area contributed by atoms with Gasteiger partial charge in [-0.1, -0.05) is 12.1 Å². The fraction of sp³-hybridized carbons (Fsp3) is 0.263. The lowest BCUT2D eigenvalue weighted by atomic mass is 10.1. The van der Waals surface area contributed by atoms with Gasteiger partial charge in [-0.3, -0.25) is 4.90 Å². The van der Waals surface area contributed by atoms with E-state index >= 15 is 0 Å². The van der Waals surface area contributed by atoms with E-state index in [4.69, 9.17) is 17.0 Å². The van der Waals surface area contributed by atoms with Crippen molar-refractivity contribution in [1.82, 2.24) is 14.9 Å². The lowest BCUT2D eigenvalue weighted by molar-refractivity contribution is 0.245. The Hall–Kier alpha value is -2.02. The molecule has 1 aromatic carbocycles. The van der Waals surface area contributed by atoms with Crippen molar-refractivity contribution in [3.8, 4) is 16.2 Å². The summed E-state index contributed by atoms with van der Waals surface area (Å²) in [5.41, 5.74) is 3.69. The first-order valence-electron chi connectivity index (χ1n) is 8.24. The minimum atomic E-state index is 0.577. The third kappa shape index (κ3) is 3.66. The molecule has 0 saturated heterocycles. The molecule has 1 aliphatic heterocycles. The Labute approximate surface area is 156 Å². The minimum Gasteiger partial charge on any atom is -0.497 e. The minimum absolute atomic E-state index is 0.577. The zero-order valence-corrected chi connectivity index (χ0v) is 15.6. The van der Waals surface area contributed by atoms with Crippen LogP contribution in [0.3, 0.4) is 0 Å². The molecular formula is C19H19N3OS2. The maximum Gasteiger partial charge on any atom is 0.196 e. The lowest BCUT2D eigenvalue weighted by Crippen LogP contribution is -2.30. The monoisotopic (exact) mass is 369 g/mol. The third-order valence-corrected chi connectivity index (χ3v) is 5.78.